The van der Waals surface area contributed by atoms with Gasteiger partial charge >= 0.3 is 11.9 Å². The number of methoxy groups -OCH3 is 2. The van der Waals surface area contributed by atoms with Gasteiger partial charge in [0.2, 0.25) is 0 Å². The first-order valence-corrected chi connectivity index (χ1v) is 8.62. The first-order valence-electron chi connectivity index (χ1n) is 8.24. The molecule has 3 aromatic rings. The SMILES string of the molecule is COC(=O)c1c(-c2ccc(Cl)c(C)c2O)nn(-c2ccccc2)c1C(=O)OC. The van der Waals surface area contributed by atoms with E-state index in [2.05, 4.69) is 5.10 Å². The average Bonchev–Trinajstić information content (AvgIpc) is 3.12. The van der Waals surface area contributed by atoms with Crippen molar-refractivity contribution in [2.24, 2.45) is 0 Å². The summed E-state index contributed by atoms with van der Waals surface area (Å²) in [5, 5.41) is 15.4. The predicted octanol–water partition coefficient (Wildman–Crippen LogP) is 3.78. The summed E-state index contributed by atoms with van der Waals surface area (Å²) in [5.74, 6) is -1.70. The third-order valence-electron chi connectivity index (χ3n) is 4.27. The Morgan fingerprint density at radius 3 is 2.29 bits per heavy atom. The molecule has 7 nitrogen and oxygen atoms in total. The Kier molecular flexibility index (Phi) is 5.37. The highest BCUT2D eigenvalue weighted by Gasteiger charge is 2.32. The number of aromatic hydroxyl groups is 1. The molecule has 0 amide bonds. The van der Waals surface area contributed by atoms with Gasteiger partial charge in [-0.25, -0.2) is 14.3 Å². The van der Waals surface area contributed by atoms with E-state index in [-0.39, 0.29) is 28.3 Å². The van der Waals surface area contributed by atoms with Gasteiger partial charge in [-0.05, 0) is 31.2 Å². The van der Waals surface area contributed by atoms with Crippen LogP contribution in [0.3, 0.4) is 0 Å². The molecule has 144 valence electrons. The molecule has 1 N–H and O–H groups in total. The molecule has 0 saturated heterocycles. The molecule has 28 heavy (non-hydrogen) atoms. The minimum atomic E-state index is -0.787. The van der Waals surface area contributed by atoms with E-state index in [1.807, 2.05) is 0 Å². The van der Waals surface area contributed by atoms with E-state index in [1.165, 1.54) is 25.0 Å². The number of phenols is 1. The highest BCUT2D eigenvalue weighted by atomic mass is 35.5. The molecule has 0 atom stereocenters. The number of aromatic nitrogens is 2. The first-order chi connectivity index (χ1) is 13.4. The largest absolute Gasteiger partial charge is 0.507 e. The molecule has 8 heteroatoms. The van der Waals surface area contributed by atoms with Crippen LogP contribution in [0.4, 0.5) is 0 Å². The smallest absolute Gasteiger partial charge is 0.357 e. The second kappa shape index (κ2) is 7.74. The van der Waals surface area contributed by atoms with E-state index < -0.39 is 11.9 Å². The van der Waals surface area contributed by atoms with Gasteiger partial charge in [0, 0.05) is 16.1 Å². The summed E-state index contributed by atoms with van der Waals surface area (Å²) in [6, 6.07) is 11.9. The molecule has 0 saturated carbocycles. The number of benzene rings is 2. The highest BCUT2D eigenvalue weighted by molar-refractivity contribution is 6.31. The van der Waals surface area contributed by atoms with E-state index in [0.29, 0.717) is 16.3 Å². The molecule has 1 aromatic heterocycles. The van der Waals surface area contributed by atoms with Gasteiger partial charge in [-0.15, -0.1) is 0 Å². The van der Waals surface area contributed by atoms with E-state index in [9.17, 15) is 14.7 Å². The van der Waals surface area contributed by atoms with Gasteiger partial charge in [-0.1, -0.05) is 29.8 Å². The van der Waals surface area contributed by atoms with E-state index in [0.717, 1.165) is 0 Å². The number of carbonyl (C=O) groups is 2. The molecule has 0 spiro atoms. The Balaban J connectivity index is 2.41. The normalized spacial score (nSPS) is 10.6. The van der Waals surface area contributed by atoms with Crippen LogP contribution in [0, 0.1) is 6.92 Å². The second-order valence-corrected chi connectivity index (χ2v) is 6.28. The lowest BCUT2D eigenvalue weighted by Crippen LogP contribution is -2.15. The van der Waals surface area contributed by atoms with Crippen LogP contribution < -0.4 is 0 Å². The summed E-state index contributed by atoms with van der Waals surface area (Å²) in [4.78, 5) is 25.1. The van der Waals surface area contributed by atoms with Gasteiger partial charge < -0.3 is 14.6 Å². The Hall–Kier alpha value is -3.32. The lowest BCUT2D eigenvalue weighted by Gasteiger charge is -2.08. The summed E-state index contributed by atoms with van der Waals surface area (Å²) in [6.45, 7) is 1.63. The number of carbonyl (C=O) groups excluding carboxylic acids is 2. The van der Waals surface area contributed by atoms with Crippen LogP contribution in [0.25, 0.3) is 16.9 Å². The van der Waals surface area contributed by atoms with Crippen LogP contribution in [0.1, 0.15) is 26.4 Å². The summed E-state index contributed by atoms with van der Waals surface area (Å²) >= 11 is 6.06. The maximum absolute atomic E-state index is 12.6. The zero-order chi connectivity index (χ0) is 20.4. The Labute approximate surface area is 166 Å². The minimum Gasteiger partial charge on any atom is -0.507 e. The molecule has 0 bridgehead atoms. The molecule has 0 fully saturated rings. The van der Waals surface area contributed by atoms with Gasteiger partial charge in [0.25, 0.3) is 0 Å². The fourth-order valence-corrected chi connectivity index (χ4v) is 2.96. The van der Waals surface area contributed by atoms with Crippen LogP contribution in [-0.4, -0.2) is 41.0 Å². The lowest BCUT2D eigenvalue weighted by atomic mass is 10.0. The number of esters is 2. The number of para-hydroxylation sites is 1. The Bertz CT molecular complexity index is 1060. The standard InChI is InChI=1S/C20H17ClN2O5/c1-11-14(21)10-9-13(18(11)24)16-15(19(25)27-2)17(20(26)28-3)23(22-16)12-7-5-4-6-8-12/h4-10,24H,1-3H3. The van der Waals surface area contributed by atoms with Crippen molar-refractivity contribution in [3.63, 3.8) is 0 Å². The molecular formula is C20H17ClN2O5. The van der Waals surface area contributed by atoms with Crippen molar-refractivity contribution in [3.8, 4) is 22.7 Å². The maximum Gasteiger partial charge on any atom is 0.357 e. The van der Waals surface area contributed by atoms with Crippen LogP contribution in [0.5, 0.6) is 5.75 Å². The fourth-order valence-electron chi connectivity index (χ4n) is 2.81. The van der Waals surface area contributed by atoms with Crippen LogP contribution in [-0.2, 0) is 9.47 Å². The minimum absolute atomic E-state index is 0.0772. The van der Waals surface area contributed by atoms with Crippen molar-refractivity contribution in [3.05, 3.63) is 64.3 Å². The third kappa shape index (κ3) is 3.20. The van der Waals surface area contributed by atoms with Crippen molar-refractivity contribution in [1.29, 1.82) is 0 Å². The van der Waals surface area contributed by atoms with Gasteiger partial charge in [-0.2, -0.15) is 5.10 Å². The number of ether oxygens (including phenoxy) is 2. The molecule has 0 unspecified atom stereocenters. The number of rotatable bonds is 4. The van der Waals surface area contributed by atoms with E-state index >= 15 is 0 Å². The van der Waals surface area contributed by atoms with Crippen LogP contribution in [0.2, 0.25) is 5.02 Å². The quantitative estimate of drug-likeness (QED) is 0.670. The van der Waals surface area contributed by atoms with Crippen LogP contribution in [0.15, 0.2) is 42.5 Å². The zero-order valence-electron chi connectivity index (χ0n) is 15.4. The van der Waals surface area contributed by atoms with Gasteiger partial charge in [0.15, 0.2) is 5.69 Å². The van der Waals surface area contributed by atoms with Crippen molar-refractivity contribution in [1.82, 2.24) is 9.78 Å². The molecule has 0 radical (unpaired) electrons. The average molecular weight is 401 g/mol. The number of phenolic OH excluding ortho intramolecular Hbond substituents is 1. The topological polar surface area (TPSA) is 90.6 Å². The molecular weight excluding hydrogens is 384 g/mol. The van der Waals surface area contributed by atoms with Crippen molar-refractivity contribution >= 4 is 23.5 Å². The summed E-state index contributed by atoms with van der Waals surface area (Å²) in [5.41, 5.74) is 1.04. The van der Waals surface area contributed by atoms with Crippen molar-refractivity contribution in [2.75, 3.05) is 14.2 Å². The lowest BCUT2D eigenvalue weighted by molar-refractivity contribution is 0.0549. The molecule has 0 aliphatic carbocycles. The van der Waals surface area contributed by atoms with Crippen molar-refractivity contribution < 1.29 is 24.2 Å². The molecule has 1 heterocycles. The Morgan fingerprint density at radius 2 is 1.68 bits per heavy atom. The summed E-state index contributed by atoms with van der Waals surface area (Å²) < 4.78 is 11.0. The molecule has 0 aliphatic rings. The van der Waals surface area contributed by atoms with Gasteiger partial charge in [0.05, 0.1) is 19.9 Å². The summed E-state index contributed by atoms with van der Waals surface area (Å²) in [6.07, 6.45) is 0. The molecule has 3 rings (SSSR count). The summed E-state index contributed by atoms with van der Waals surface area (Å²) in [7, 11) is 2.40. The van der Waals surface area contributed by atoms with Gasteiger partial charge in [0.1, 0.15) is 17.0 Å². The van der Waals surface area contributed by atoms with E-state index in [4.69, 9.17) is 21.1 Å². The number of hydrogen-bond donors (Lipinski definition) is 1. The Morgan fingerprint density at radius 1 is 1.04 bits per heavy atom. The van der Waals surface area contributed by atoms with Crippen molar-refractivity contribution in [2.45, 2.75) is 6.92 Å². The number of halogens is 1. The first kappa shape index (κ1) is 19.4. The third-order valence-corrected chi connectivity index (χ3v) is 4.68. The predicted molar refractivity (Wildman–Crippen MR) is 103 cm³/mol. The fraction of sp³-hybridized carbons (Fsp3) is 0.150. The maximum atomic E-state index is 12.6. The second-order valence-electron chi connectivity index (χ2n) is 5.87. The molecule has 0 aliphatic heterocycles. The monoisotopic (exact) mass is 400 g/mol. The van der Waals surface area contributed by atoms with Crippen LogP contribution >= 0.6 is 11.6 Å². The van der Waals surface area contributed by atoms with E-state index in [1.54, 1.807) is 43.3 Å². The molecule has 2 aromatic carbocycles. The zero-order valence-corrected chi connectivity index (χ0v) is 16.1. The number of nitrogens with zero attached hydrogens (tertiary/aromatic N) is 2. The number of hydrogen-bond acceptors (Lipinski definition) is 6. The highest BCUT2D eigenvalue weighted by Crippen LogP contribution is 2.38. The van der Waals surface area contributed by atoms with Gasteiger partial charge in [-0.3, -0.25) is 0 Å².